The molecule has 168 valence electrons. The number of hydrogen-bond donors (Lipinski definition) is 3. The van der Waals surface area contributed by atoms with Gasteiger partial charge in [0.2, 0.25) is 11.8 Å². The van der Waals surface area contributed by atoms with Gasteiger partial charge < -0.3 is 30.2 Å². The van der Waals surface area contributed by atoms with E-state index in [0.717, 1.165) is 0 Å². The highest BCUT2D eigenvalue weighted by molar-refractivity contribution is 6.00. The molecule has 10 heteroatoms. The zero-order chi connectivity index (χ0) is 23.2. The molecule has 1 aliphatic heterocycles. The van der Waals surface area contributed by atoms with Crippen molar-refractivity contribution in [1.29, 1.82) is 0 Å². The number of amides is 3. The van der Waals surface area contributed by atoms with E-state index < -0.39 is 47.7 Å². The van der Waals surface area contributed by atoms with Gasteiger partial charge in [-0.2, -0.15) is 0 Å². The summed E-state index contributed by atoms with van der Waals surface area (Å²) in [6.07, 6.45) is 0.751. The fourth-order valence-electron chi connectivity index (χ4n) is 3.39. The summed E-state index contributed by atoms with van der Waals surface area (Å²) in [5.74, 6) is -2.13. The largest absolute Gasteiger partial charge is 0.497 e. The number of carboxylic acid groups (broad SMARTS) is 1. The molecule has 0 aliphatic carbocycles. The van der Waals surface area contributed by atoms with Crippen LogP contribution in [0, 0.1) is 0 Å². The first-order chi connectivity index (χ1) is 14.6. The molecule has 31 heavy (non-hydrogen) atoms. The molecule has 0 aromatic heterocycles. The minimum absolute atomic E-state index is 0.309. The van der Waals surface area contributed by atoms with Crippen LogP contribution < -0.4 is 15.4 Å². The lowest BCUT2D eigenvalue weighted by Crippen LogP contribution is -2.59. The van der Waals surface area contributed by atoms with Gasteiger partial charge in [0.1, 0.15) is 23.6 Å². The van der Waals surface area contributed by atoms with E-state index in [0.29, 0.717) is 37.0 Å². The maximum atomic E-state index is 13.1. The number of nitrogens with zero attached hydrogens (tertiary/aromatic N) is 1. The van der Waals surface area contributed by atoms with E-state index in [-0.39, 0.29) is 0 Å². The zero-order valence-corrected chi connectivity index (χ0v) is 17.7. The van der Waals surface area contributed by atoms with Crippen LogP contribution in [0.4, 0.5) is 0 Å². The Hall–Kier alpha value is -3.43. The molecule has 0 spiro atoms. The summed E-state index contributed by atoms with van der Waals surface area (Å²) in [5, 5.41) is 13.9. The number of carbonyl (C=O) groups excluding carboxylic acids is 4. The highest BCUT2D eigenvalue weighted by Crippen LogP contribution is 2.22. The van der Waals surface area contributed by atoms with Crippen molar-refractivity contribution in [2.45, 2.75) is 50.7 Å². The first-order valence-electron chi connectivity index (χ1n) is 9.84. The van der Waals surface area contributed by atoms with Gasteiger partial charge in [-0.1, -0.05) is 0 Å². The van der Waals surface area contributed by atoms with Crippen molar-refractivity contribution >= 4 is 30.0 Å². The molecular weight excluding hydrogens is 406 g/mol. The van der Waals surface area contributed by atoms with Gasteiger partial charge in [-0.25, -0.2) is 0 Å². The van der Waals surface area contributed by atoms with Crippen molar-refractivity contribution in [3.8, 4) is 5.75 Å². The van der Waals surface area contributed by atoms with Gasteiger partial charge >= 0.3 is 5.97 Å². The third kappa shape index (κ3) is 6.03. The molecule has 0 saturated carbocycles. The summed E-state index contributed by atoms with van der Waals surface area (Å²) in [6.45, 7) is 3.40. The summed E-state index contributed by atoms with van der Waals surface area (Å²) in [5.41, 5.74) is -0.953. The average Bonchev–Trinajstić information content (AvgIpc) is 3.21. The molecule has 1 heterocycles. The van der Waals surface area contributed by atoms with Crippen LogP contribution in [0.15, 0.2) is 24.3 Å². The number of benzene rings is 1. The summed E-state index contributed by atoms with van der Waals surface area (Å²) >= 11 is 0. The number of aliphatic carboxylic acids is 1. The highest BCUT2D eigenvalue weighted by Gasteiger charge is 2.41. The first kappa shape index (κ1) is 23.8. The second kappa shape index (κ2) is 10.1. The topological polar surface area (TPSA) is 142 Å². The van der Waals surface area contributed by atoms with Crippen LogP contribution >= 0.6 is 0 Å². The molecule has 2 atom stereocenters. The van der Waals surface area contributed by atoms with Crippen LogP contribution in [0.5, 0.6) is 5.75 Å². The lowest BCUT2D eigenvalue weighted by molar-refractivity contribution is -0.143. The van der Waals surface area contributed by atoms with Gasteiger partial charge in [-0.05, 0) is 51.0 Å². The van der Waals surface area contributed by atoms with Crippen molar-refractivity contribution < 1.29 is 33.8 Å². The Labute approximate surface area is 179 Å². The van der Waals surface area contributed by atoms with E-state index in [4.69, 9.17) is 9.84 Å². The Balaban J connectivity index is 2.07. The second-order valence-electron chi connectivity index (χ2n) is 7.81. The third-order valence-electron chi connectivity index (χ3n) is 5.02. The predicted octanol–water partition coefficient (Wildman–Crippen LogP) is 0.353. The summed E-state index contributed by atoms with van der Waals surface area (Å²) in [6, 6.07) is 4.38. The fraction of sp³-hybridized carbons (Fsp3) is 0.476. The van der Waals surface area contributed by atoms with Crippen molar-refractivity contribution in [3.05, 3.63) is 29.8 Å². The molecule has 1 aromatic carbocycles. The van der Waals surface area contributed by atoms with Crippen LogP contribution in [0.25, 0.3) is 0 Å². The van der Waals surface area contributed by atoms with Gasteiger partial charge in [0.15, 0.2) is 0 Å². The summed E-state index contributed by atoms with van der Waals surface area (Å²) in [7, 11) is 1.51. The maximum absolute atomic E-state index is 13.1. The fourth-order valence-corrected chi connectivity index (χ4v) is 3.39. The number of carboxylic acids is 1. The number of hydrogen-bond acceptors (Lipinski definition) is 6. The molecule has 1 aliphatic rings. The number of nitrogens with one attached hydrogen (secondary N) is 2. The number of rotatable bonds is 9. The van der Waals surface area contributed by atoms with Crippen molar-refractivity contribution in [2.24, 2.45) is 0 Å². The smallest absolute Gasteiger partial charge is 0.305 e. The monoisotopic (exact) mass is 433 g/mol. The van der Waals surface area contributed by atoms with E-state index in [1.807, 2.05) is 0 Å². The Morgan fingerprint density at radius 2 is 1.90 bits per heavy atom. The number of likely N-dealkylation sites (tertiary alicyclic amines) is 1. The minimum atomic E-state index is -1.30. The molecule has 3 N–H and O–H groups in total. The first-order valence-corrected chi connectivity index (χ1v) is 9.84. The van der Waals surface area contributed by atoms with Crippen LogP contribution in [0.1, 0.15) is 43.5 Å². The van der Waals surface area contributed by atoms with Crippen LogP contribution in [0.3, 0.4) is 0 Å². The van der Waals surface area contributed by atoms with E-state index in [2.05, 4.69) is 10.6 Å². The standard InChI is InChI=1S/C21H27N3O7/c1-21(2,23-18(28)13-6-8-15(31-3)9-7-13)20(30)24-10-4-5-16(24)19(29)22-14(12-25)11-17(26)27/h6-9,12,14,16H,4-5,10-11H2,1-3H3,(H,22,29)(H,23,28)(H,26,27). The average molecular weight is 433 g/mol. The van der Waals surface area contributed by atoms with Crippen LogP contribution in [0.2, 0.25) is 0 Å². The molecule has 10 nitrogen and oxygen atoms in total. The maximum Gasteiger partial charge on any atom is 0.305 e. The van der Waals surface area contributed by atoms with Crippen molar-refractivity contribution in [1.82, 2.24) is 15.5 Å². The third-order valence-corrected chi connectivity index (χ3v) is 5.02. The predicted molar refractivity (Wildman–Crippen MR) is 110 cm³/mol. The Morgan fingerprint density at radius 3 is 2.45 bits per heavy atom. The molecule has 1 aromatic rings. The van der Waals surface area contributed by atoms with E-state index in [9.17, 15) is 24.0 Å². The zero-order valence-electron chi connectivity index (χ0n) is 17.7. The van der Waals surface area contributed by atoms with E-state index >= 15 is 0 Å². The second-order valence-corrected chi connectivity index (χ2v) is 7.81. The number of carbonyl (C=O) groups is 5. The molecular formula is C21H27N3O7. The van der Waals surface area contributed by atoms with Crippen LogP contribution in [-0.2, 0) is 19.2 Å². The Morgan fingerprint density at radius 1 is 1.26 bits per heavy atom. The molecule has 0 radical (unpaired) electrons. The molecule has 3 amide bonds. The highest BCUT2D eigenvalue weighted by atomic mass is 16.5. The SMILES string of the molecule is COc1ccc(C(=O)NC(C)(C)C(=O)N2CCCC2C(=O)NC(C=O)CC(=O)O)cc1. The lowest BCUT2D eigenvalue weighted by atomic mass is 10.0. The Bertz CT molecular complexity index is 851. The molecule has 1 fully saturated rings. The quantitative estimate of drug-likeness (QED) is 0.477. The van der Waals surface area contributed by atoms with Gasteiger partial charge in [0.05, 0.1) is 19.6 Å². The van der Waals surface area contributed by atoms with Crippen LogP contribution in [-0.4, -0.2) is 71.3 Å². The molecule has 2 unspecified atom stereocenters. The van der Waals surface area contributed by atoms with Gasteiger partial charge in [-0.3, -0.25) is 19.2 Å². The number of aldehydes is 1. The number of methoxy groups -OCH3 is 1. The van der Waals surface area contributed by atoms with Crippen molar-refractivity contribution in [3.63, 3.8) is 0 Å². The normalized spacial score (nSPS) is 16.9. The van der Waals surface area contributed by atoms with Crippen molar-refractivity contribution in [2.75, 3.05) is 13.7 Å². The van der Waals surface area contributed by atoms with Gasteiger partial charge in [-0.15, -0.1) is 0 Å². The van der Waals surface area contributed by atoms with E-state index in [1.165, 1.54) is 12.0 Å². The molecule has 0 bridgehead atoms. The molecule has 1 saturated heterocycles. The van der Waals surface area contributed by atoms with E-state index in [1.54, 1.807) is 38.1 Å². The minimum Gasteiger partial charge on any atom is -0.497 e. The van der Waals surface area contributed by atoms with Gasteiger partial charge in [0, 0.05) is 12.1 Å². The van der Waals surface area contributed by atoms with Gasteiger partial charge in [0.25, 0.3) is 5.91 Å². The lowest BCUT2D eigenvalue weighted by Gasteiger charge is -2.33. The summed E-state index contributed by atoms with van der Waals surface area (Å²) < 4.78 is 5.06. The number of ether oxygens (including phenoxy) is 1. The summed E-state index contributed by atoms with van der Waals surface area (Å²) in [4.78, 5) is 61.5. The Kier molecular flexibility index (Phi) is 7.73. The molecule has 2 rings (SSSR count).